The molecule has 416 valence electrons. The smallest absolute Gasteiger partial charge is 0.550 e. The summed E-state index contributed by atoms with van der Waals surface area (Å²) < 4.78 is 11.7. The van der Waals surface area contributed by atoms with Crippen LogP contribution in [-0.4, -0.2) is 36.1 Å². The van der Waals surface area contributed by atoms with Crippen LogP contribution in [0.25, 0.3) is 0 Å². The van der Waals surface area contributed by atoms with Gasteiger partial charge in [-0.2, -0.15) is 0 Å². The van der Waals surface area contributed by atoms with Gasteiger partial charge in [0.15, 0.2) is 0 Å². The summed E-state index contributed by atoms with van der Waals surface area (Å²) in [6, 6.07) is 0. The molecule has 0 aliphatic rings. The van der Waals surface area contributed by atoms with E-state index in [-0.39, 0.29) is 56.5 Å². The van der Waals surface area contributed by atoms with Gasteiger partial charge in [-0.05, 0) is 89.9 Å². The van der Waals surface area contributed by atoms with Crippen LogP contribution in [0.3, 0.4) is 0 Å². The van der Waals surface area contributed by atoms with Gasteiger partial charge in [-0.25, -0.2) is 0 Å². The predicted molar refractivity (Wildman–Crippen MR) is 293 cm³/mol. The van der Waals surface area contributed by atoms with Crippen molar-refractivity contribution in [2.24, 2.45) is 0 Å². The van der Waals surface area contributed by atoms with Crippen LogP contribution < -0.4 is 10.2 Å². The maximum atomic E-state index is 12.4. The molecule has 0 aliphatic carbocycles. The molecule has 0 N–H and O–H groups in total. The Balaban J connectivity index is -0.00000128. The molecule has 0 aromatic heterocycles. The molecule has 0 saturated heterocycles. The zero-order chi connectivity index (χ0) is 51.6. The van der Waals surface area contributed by atoms with Crippen LogP contribution in [0.2, 0.25) is 0 Å². The molecular formula is C62H118O8Zn. The quantitative estimate of drug-likeness (QED) is 0.0334. The number of carbonyl (C=O) groups is 4. The molecule has 0 aromatic rings. The number of ether oxygens (including phenoxy) is 2. The molecule has 2 atom stereocenters. The van der Waals surface area contributed by atoms with E-state index in [0.29, 0.717) is 25.7 Å². The number of carboxylic acids is 2. The SMILES string of the molecule is CCCCCCCCCCCCC(=O)OC(CCCCCCCCCCC)CCCCCC(=O)[O-].CCCCCCCCCCCCC(=O)OC(CCCCCCCCCCC)CCCCCC(=O)[O-].[Zn+2]. The van der Waals surface area contributed by atoms with E-state index in [1.54, 1.807) is 0 Å². The largest absolute Gasteiger partial charge is 2.00 e. The van der Waals surface area contributed by atoms with Crippen LogP contribution in [0.1, 0.15) is 362 Å². The molecule has 0 amide bonds. The minimum absolute atomic E-state index is 0. The number of carboxylic acid groups (broad SMARTS) is 2. The number of unbranched alkanes of at least 4 members (excludes halogenated alkanes) is 38. The van der Waals surface area contributed by atoms with Gasteiger partial charge in [0.05, 0.1) is 0 Å². The molecule has 0 fully saturated rings. The molecule has 0 rings (SSSR count). The fraction of sp³-hybridized carbons (Fsp3) is 0.935. The van der Waals surface area contributed by atoms with Gasteiger partial charge in [0.1, 0.15) is 12.2 Å². The van der Waals surface area contributed by atoms with E-state index in [9.17, 15) is 29.4 Å². The summed E-state index contributed by atoms with van der Waals surface area (Å²) in [4.78, 5) is 46.0. The molecule has 0 aliphatic heterocycles. The molecule has 2 unspecified atom stereocenters. The van der Waals surface area contributed by atoms with E-state index in [0.717, 1.165) is 89.9 Å². The van der Waals surface area contributed by atoms with Crippen LogP contribution in [0.15, 0.2) is 0 Å². The zero-order valence-electron chi connectivity index (χ0n) is 47.9. The normalized spacial score (nSPS) is 11.9. The Hall–Kier alpha value is -1.50. The minimum atomic E-state index is -0.973. The zero-order valence-corrected chi connectivity index (χ0v) is 50.9. The van der Waals surface area contributed by atoms with Crippen molar-refractivity contribution in [1.82, 2.24) is 0 Å². The van der Waals surface area contributed by atoms with Crippen molar-refractivity contribution in [2.75, 3.05) is 0 Å². The average molecular weight is 1060 g/mol. The Morgan fingerprint density at radius 1 is 0.268 bits per heavy atom. The van der Waals surface area contributed by atoms with Crippen LogP contribution in [0.5, 0.6) is 0 Å². The second-order valence-electron chi connectivity index (χ2n) is 21.3. The summed E-state index contributed by atoms with van der Waals surface area (Å²) in [6.45, 7) is 9.02. The molecule has 0 bridgehead atoms. The van der Waals surface area contributed by atoms with Crippen LogP contribution >= 0.6 is 0 Å². The second-order valence-corrected chi connectivity index (χ2v) is 21.3. The summed E-state index contributed by atoms with van der Waals surface area (Å²) in [5.41, 5.74) is 0. The molecule has 0 saturated carbocycles. The maximum absolute atomic E-state index is 12.4. The van der Waals surface area contributed by atoms with E-state index < -0.39 is 11.9 Å². The van der Waals surface area contributed by atoms with Crippen molar-refractivity contribution in [3.05, 3.63) is 0 Å². The summed E-state index contributed by atoms with van der Waals surface area (Å²) in [5.74, 6) is -2.03. The van der Waals surface area contributed by atoms with E-state index >= 15 is 0 Å². The standard InChI is InChI=1S/2C31H60O4.Zn/c2*1-3-5-7-9-11-13-15-17-19-24-28-31(34)35-29(26-22-20-23-27-30(32)33)25-21-18-16-14-12-10-8-6-4-2;/h2*29H,3-28H2,1-2H3,(H,32,33);/q;;+2/p-2. The van der Waals surface area contributed by atoms with Gasteiger partial charge in [-0.1, -0.05) is 259 Å². The van der Waals surface area contributed by atoms with E-state index in [1.807, 2.05) is 0 Å². The first-order valence-corrected chi connectivity index (χ1v) is 31.0. The molecule has 0 heterocycles. The Morgan fingerprint density at radius 2 is 0.437 bits per heavy atom. The third kappa shape index (κ3) is 64.6. The van der Waals surface area contributed by atoms with E-state index in [1.165, 1.54) is 205 Å². The Bertz CT molecular complexity index is 1020. The number of aliphatic carboxylic acids is 2. The van der Waals surface area contributed by atoms with Gasteiger partial charge in [0.25, 0.3) is 0 Å². The Morgan fingerprint density at radius 3 is 0.648 bits per heavy atom. The van der Waals surface area contributed by atoms with Gasteiger partial charge in [-0.15, -0.1) is 0 Å². The van der Waals surface area contributed by atoms with Gasteiger partial charge in [-0.3, -0.25) is 9.59 Å². The van der Waals surface area contributed by atoms with Crippen LogP contribution in [-0.2, 0) is 48.1 Å². The first-order valence-electron chi connectivity index (χ1n) is 31.0. The molecule has 0 spiro atoms. The monoisotopic (exact) mass is 1050 g/mol. The maximum Gasteiger partial charge on any atom is 2.00 e. The van der Waals surface area contributed by atoms with Crippen molar-refractivity contribution in [1.29, 1.82) is 0 Å². The fourth-order valence-electron chi connectivity index (χ4n) is 9.53. The number of carbonyl (C=O) groups excluding carboxylic acids is 4. The summed E-state index contributed by atoms with van der Waals surface area (Å²) >= 11 is 0. The van der Waals surface area contributed by atoms with Gasteiger partial charge in [0, 0.05) is 24.8 Å². The Kier molecular flexibility index (Phi) is 65.2. The topological polar surface area (TPSA) is 133 Å². The molecule has 0 radical (unpaired) electrons. The summed E-state index contributed by atoms with van der Waals surface area (Å²) in [5, 5.41) is 21.2. The molecule has 8 nitrogen and oxygen atoms in total. The fourth-order valence-corrected chi connectivity index (χ4v) is 9.53. The molecule has 0 aromatic carbocycles. The Labute approximate surface area is 453 Å². The van der Waals surface area contributed by atoms with Crippen molar-refractivity contribution in [3.63, 3.8) is 0 Å². The van der Waals surface area contributed by atoms with Crippen molar-refractivity contribution in [2.45, 2.75) is 374 Å². The van der Waals surface area contributed by atoms with Crippen LogP contribution in [0, 0.1) is 0 Å². The third-order valence-electron chi connectivity index (χ3n) is 14.1. The number of esters is 2. The van der Waals surface area contributed by atoms with Crippen molar-refractivity contribution >= 4 is 23.9 Å². The number of rotatable bonds is 56. The first kappa shape index (κ1) is 73.7. The second kappa shape index (κ2) is 62.8. The average Bonchev–Trinajstić information content (AvgIpc) is 3.33. The summed E-state index contributed by atoms with van der Waals surface area (Å²) in [6.07, 6.45) is 58.4. The third-order valence-corrected chi connectivity index (χ3v) is 14.1. The first-order chi connectivity index (χ1) is 34.2. The van der Waals surface area contributed by atoms with Crippen molar-refractivity contribution < 1.29 is 58.3 Å². The molecule has 9 heteroatoms. The molecular weight excluding hydrogens is 938 g/mol. The predicted octanol–water partition coefficient (Wildman–Crippen LogP) is 17.7. The molecule has 71 heavy (non-hydrogen) atoms. The minimum Gasteiger partial charge on any atom is -0.550 e. The van der Waals surface area contributed by atoms with Gasteiger partial charge in [0.2, 0.25) is 0 Å². The number of hydrogen-bond acceptors (Lipinski definition) is 8. The summed E-state index contributed by atoms with van der Waals surface area (Å²) in [7, 11) is 0. The van der Waals surface area contributed by atoms with Crippen LogP contribution in [0.4, 0.5) is 0 Å². The van der Waals surface area contributed by atoms with Gasteiger partial charge >= 0.3 is 31.4 Å². The van der Waals surface area contributed by atoms with Crippen molar-refractivity contribution in [3.8, 4) is 0 Å². The van der Waals surface area contributed by atoms with E-state index in [4.69, 9.17) is 9.47 Å². The van der Waals surface area contributed by atoms with E-state index in [2.05, 4.69) is 27.7 Å². The number of hydrogen-bond donors (Lipinski definition) is 0. The van der Waals surface area contributed by atoms with Gasteiger partial charge < -0.3 is 29.3 Å².